The average molecular weight is 349 g/mol. The Hall–Kier alpha value is -2.02. The Morgan fingerprint density at radius 1 is 1.29 bits per heavy atom. The molecule has 0 spiro atoms. The largest absolute Gasteiger partial charge is 0.310 e. The molecule has 5 nitrogen and oxygen atoms in total. The van der Waals surface area contributed by atoms with Crippen molar-refractivity contribution in [1.29, 1.82) is 0 Å². The monoisotopic (exact) mass is 349 g/mol. The molecule has 2 aromatic rings. The standard InChI is InChI=1S/C17H20FN3O2S/c1-17(2,3)21-16(13-9-24(23)10-14(13)20-21)19-15(22)8-11-4-6-12(18)7-5-11/h4-7H,8-10H2,1-3H3,(H,19,22). The lowest BCUT2D eigenvalue weighted by atomic mass is 10.1. The van der Waals surface area contributed by atoms with Gasteiger partial charge >= 0.3 is 0 Å². The molecule has 1 aromatic carbocycles. The van der Waals surface area contributed by atoms with Crippen LogP contribution in [0.4, 0.5) is 10.2 Å². The predicted molar refractivity (Wildman–Crippen MR) is 91.5 cm³/mol. The van der Waals surface area contributed by atoms with E-state index in [4.69, 9.17) is 0 Å². The van der Waals surface area contributed by atoms with Crippen molar-refractivity contribution < 1.29 is 13.4 Å². The molecular formula is C17H20FN3O2S. The summed E-state index contributed by atoms with van der Waals surface area (Å²) in [5.74, 6) is 0.935. The summed E-state index contributed by atoms with van der Waals surface area (Å²) in [6.07, 6.45) is 0.146. The molecule has 0 bridgehead atoms. The van der Waals surface area contributed by atoms with Crippen LogP contribution >= 0.6 is 0 Å². The van der Waals surface area contributed by atoms with E-state index in [1.54, 1.807) is 16.8 Å². The second-order valence-corrected chi connectivity index (χ2v) is 8.39. The van der Waals surface area contributed by atoms with E-state index in [1.165, 1.54) is 12.1 Å². The predicted octanol–water partition coefficient (Wildman–Crippen LogP) is 2.72. The molecule has 0 aliphatic carbocycles. The van der Waals surface area contributed by atoms with Gasteiger partial charge in [-0.2, -0.15) is 5.10 Å². The molecule has 1 amide bonds. The number of amides is 1. The van der Waals surface area contributed by atoms with Crippen LogP contribution in [0, 0.1) is 5.82 Å². The molecule has 0 saturated carbocycles. The highest BCUT2D eigenvalue weighted by Gasteiger charge is 2.31. The van der Waals surface area contributed by atoms with E-state index in [1.807, 2.05) is 20.8 Å². The Morgan fingerprint density at radius 3 is 2.58 bits per heavy atom. The molecule has 1 aliphatic rings. The number of rotatable bonds is 3. The molecule has 1 unspecified atom stereocenters. The maximum atomic E-state index is 13.0. The van der Waals surface area contributed by atoms with Crippen molar-refractivity contribution in [2.75, 3.05) is 5.32 Å². The normalized spacial score (nSPS) is 16.9. The summed E-state index contributed by atoms with van der Waals surface area (Å²) in [5.41, 5.74) is 2.08. The summed E-state index contributed by atoms with van der Waals surface area (Å²) in [5, 5.41) is 7.46. The molecule has 1 N–H and O–H groups in total. The molecule has 0 fully saturated rings. The van der Waals surface area contributed by atoms with E-state index in [2.05, 4.69) is 10.4 Å². The molecule has 1 aromatic heterocycles. The number of fused-ring (bicyclic) bond motifs is 1. The maximum Gasteiger partial charge on any atom is 0.229 e. The minimum Gasteiger partial charge on any atom is -0.310 e. The third kappa shape index (κ3) is 3.40. The quantitative estimate of drug-likeness (QED) is 0.927. The van der Waals surface area contributed by atoms with Gasteiger partial charge in [-0.15, -0.1) is 0 Å². The summed E-state index contributed by atoms with van der Waals surface area (Å²) in [7, 11) is -0.958. The highest BCUT2D eigenvalue weighted by atomic mass is 32.2. The highest BCUT2D eigenvalue weighted by Crippen LogP contribution is 2.32. The van der Waals surface area contributed by atoms with Crippen LogP contribution in [0.15, 0.2) is 24.3 Å². The summed E-state index contributed by atoms with van der Waals surface area (Å²) >= 11 is 0. The number of nitrogens with one attached hydrogen (secondary N) is 1. The number of hydrogen-bond acceptors (Lipinski definition) is 3. The van der Waals surface area contributed by atoms with Gasteiger partial charge in [0, 0.05) is 16.4 Å². The van der Waals surface area contributed by atoms with Crippen LogP contribution in [0.1, 0.15) is 37.6 Å². The molecule has 2 heterocycles. The first-order valence-electron chi connectivity index (χ1n) is 7.74. The lowest BCUT2D eigenvalue weighted by molar-refractivity contribution is -0.115. The number of nitrogens with zero attached hydrogens (tertiary/aromatic N) is 2. The molecule has 24 heavy (non-hydrogen) atoms. The number of aromatic nitrogens is 2. The topological polar surface area (TPSA) is 64.0 Å². The molecule has 128 valence electrons. The highest BCUT2D eigenvalue weighted by molar-refractivity contribution is 7.83. The molecule has 0 saturated heterocycles. The van der Waals surface area contributed by atoms with E-state index in [0.29, 0.717) is 17.3 Å². The van der Waals surface area contributed by atoms with Gasteiger partial charge in [-0.25, -0.2) is 9.07 Å². The van der Waals surface area contributed by atoms with Crippen molar-refractivity contribution in [2.24, 2.45) is 0 Å². The lowest BCUT2D eigenvalue weighted by Crippen LogP contribution is -2.28. The molecule has 0 radical (unpaired) electrons. The van der Waals surface area contributed by atoms with Crippen LogP contribution in [-0.4, -0.2) is 19.9 Å². The first-order valence-corrected chi connectivity index (χ1v) is 9.23. The zero-order chi connectivity index (χ0) is 17.5. The van der Waals surface area contributed by atoms with Gasteiger partial charge in [-0.1, -0.05) is 12.1 Å². The van der Waals surface area contributed by atoms with Gasteiger partial charge in [-0.05, 0) is 38.5 Å². The smallest absolute Gasteiger partial charge is 0.229 e. The number of hydrogen-bond donors (Lipinski definition) is 1. The van der Waals surface area contributed by atoms with Crippen molar-refractivity contribution >= 4 is 22.5 Å². The zero-order valence-corrected chi connectivity index (χ0v) is 14.7. The van der Waals surface area contributed by atoms with Gasteiger partial charge in [-0.3, -0.25) is 9.00 Å². The van der Waals surface area contributed by atoms with E-state index < -0.39 is 10.8 Å². The second kappa shape index (κ2) is 6.12. The third-order valence-electron chi connectivity index (χ3n) is 3.84. The zero-order valence-electron chi connectivity index (χ0n) is 13.9. The third-order valence-corrected chi connectivity index (χ3v) is 5.05. The molecule has 3 rings (SSSR count). The van der Waals surface area contributed by atoms with Crippen molar-refractivity contribution in [2.45, 2.75) is 44.2 Å². The summed E-state index contributed by atoms with van der Waals surface area (Å²) in [6, 6.07) is 5.86. The number of carbonyl (C=O) groups excluding carboxylic acids is 1. The number of benzene rings is 1. The minimum atomic E-state index is -0.958. The SMILES string of the molecule is CC(C)(C)n1nc2c(c1NC(=O)Cc1ccc(F)cc1)CS(=O)C2. The van der Waals surface area contributed by atoms with Gasteiger partial charge in [0.25, 0.3) is 0 Å². The van der Waals surface area contributed by atoms with E-state index in [-0.39, 0.29) is 23.7 Å². The van der Waals surface area contributed by atoms with Gasteiger partial charge in [0.05, 0.1) is 29.2 Å². The number of halogens is 1. The van der Waals surface area contributed by atoms with Crippen LogP contribution < -0.4 is 5.32 Å². The van der Waals surface area contributed by atoms with Gasteiger partial charge in [0.2, 0.25) is 5.91 Å². The van der Waals surface area contributed by atoms with Gasteiger partial charge < -0.3 is 5.32 Å². The molecular weight excluding hydrogens is 329 g/mol. The Balaban J connectivity index is 1.85. The van der Waals surface area contributed by atoms with Crippen LogP contribution in [0.5, 0.6) is 0 Å². The molecule has 1 atom stereocenters. The fourth-order valence-corrected chi connectivity index (χ4v) is 3.97. The van der Waals surface area contributed by atoms with Crippen LogP contribution in [0.2, 0.25) is 0 Å². The van der Waals surface area contributed by atoms with E-state index in [0.717, 1.165) is 16.8 Å². The summed E-state index contributed by atoms with van der Waals surface area (Å²) in [4.78, 5) is 12.4. The molecule has 1 aliphatic heterocycles. The first-order chi connectivity index (χ1) is 11.2. The van der Waals surface area contributed by atoms with Crippen molar-refractivity contribution in [1.82, 2.24) is 9.78 Å². The van der Waals surface area contributed by atoms with Crippen LogP contribution in [0.3, 0.4) is 0 Å². The Labute approximate surface area is 142 Å². The van der Waals surface area contributed by atoms with Crippen LogP contribution in [-0.2, 0) is 39.1 Å². The Bertz CT molecular complexity index is 806. The van der Waals surface area contributed by atoms with Gasteiger partial charge in [0.1, 0.15) is 11.6 Å². The first kappa shape index (κ1) is 16.8. The summed E-state index contributed by atoms with van der Waals surface area (Å²) in [6.45, 7) is 6.01. The Kier molecular flexibility index (Phi) is 4.29. The summed E-state index contributed by atoms with van der Waals surface area (Å²) < 4.78 is 26.5. The fourth-order valence-electron chi connectivity index (χ4n) is 2.71. The maximum absolute atomic E-state index is 13.0. The van der Waals surface area contributed by atoms with E-state index in [9.17, 15) is 13.4 Å². The van der Waals surface area contributed by atoms with Crippen LogP contribution in [0.25, 0.3) is 0 Å². The van der Waals surface area contributed by atoms with Gasteiger partial charge in [0.15, 0.2) is 0 Å². The minimum absolute atomic E-state index is 0.146. The van der Waals surface area contributed by atoms with Crippen molar-refractivity contribution in [3.05, 3.63) is 46.9 Å². The molecule has 7 heteroatoms. The average Bonchev–Trinajstić information content (AvgIpc) is 2.99. The van der Waals surface area contributed by atoms with E-state index >= 15 is 0 Å². The number of anilines is 1. The lowest BCUT2D eigenvalue weighted by Gasteiger charge is -2.23. The second-order valence-electron chi connectivity index (χ2n) is 6.94. The van der Waals surface area contributed by atoms with Crippen molar-refractivity contribution in [3.8, 4) is 0 Å². The fraction of sp³-hybridized carbons (Fsp3) is 0.412. The Morgan fingerprint density at radius 2 is 1.96 bits per heavy atom. The number of carbonyl (C=O) groups is 1. The van der Waals surface area contributed by atoms with Crippen molar-refractivity contribution in [3.63, 3.8) is 0 Å².